The van der Waals surface area contributed by atoms with Gasteiger partial charge in [-0.15, -0.1) is 11.8 Å². The number of aromatic nitrogens is 1. The molecule has 2 N–H and O–H groups in total. The van der Waals surface area contributed by atoms with Gasteiger partial charge >= 0.3 is 0 Å². The predicted molar refractivity (Wildman–Crippen MR) is 81.6 cm³/mol. The molecule has 0 fully saturated rings. The molecule has 1 aromatic heterocycles. The van der Waals surface area contributed by atoms with Gasteiger partial charge < -0.3 is 0 Å². The van der Waals surface area contributed by atoms with E-state index in [0.717, 1.165) is 4.90 Å². The fourth-order valence-electron chi connectivity index (χ4n) is 1.55. The van der Waals surface area contributed by atoms with Crippen molar-refractivity contribution in [1.29, 1.82) is 0 Å². The summed E-state index contributed by atoms with van der Waals surface area (Å²) < 4.78 is 0. The molecule has 108 valence electrons. The Morgan fingerprint density at radius 1 is 1.10 bits per heavy atom. The summed E-state index contributed by atoms with van der Waals surface area (Å²) in [5.74, 6) is -0.658. The third-order valence-corrected chi connectivity index (χ3v) is 3.76. The number of benzene rings is 1. The first kappa shape index (κ1) is 15.1. The van der Waals surface area contributed by atoms with Gasteiger partial charge in [-0.25, -0.2) is 0 Å². The van der Waals surface area contributed by atoms with Crippen molar-refractivity contribution in [2.75, 3.05) is 0 Å². The van der Waals surface area contributed by atoms with Gasteiger partial charge in [-0.3, -0.25) is 25.4 Å². The molecule has 2 amide bonds. The van der Waals surface area contributed by atoms with Gasteiger partial charge in [-0.1, -0.05) is 18.2 Å². The maximum atomic E-state index is 11.9. The van der Waals surface area contributed by atoms with Crippen LogP contribution in [0.1, 0.15) is 17.3 Å². The van der Waals surface area contributed by atoms with Crippen LogP contribution in [0.25, 0.3) is 0 Å². The van der Waals surface area contributed by atoms with Gasteiger partial charge in [0.15, 0.2) is 0 Å². The first-order valence-electron chi connectivity index (χ1n) is 6.39. The third-order valence-electron chi connectivity index (χ3n) is 2.65. The lowest BCUT2D eigenvalue weighted by Crippen LogP contribution is -2.44. The van der Waals surface area contributed by atoms with Crippen LogP contribution in [-0.4, -0.2) is 22.0 Å². The minimum atomic E-state index is -0.395. The fraction of sp³-hybridized carbons (Fsp3) is 0.133. The summed E-state index contributed by atoms with van der Waals surface area (Å²) in [5, 5.41) is -0.318. The molecule has 0 aliphatic heterocycles. The first-order valence-corrected chi connectivity index (χ1v) is 7.26. The van der Waals surface area contributed by atoms with E-state index in [0.29, 0.717) is 5.56 Å². The van der Waals surface area contributed by atoms with E-state index in [1.54, 1.807) is 25.3 Å². The lowest BCUT2D eigenvalue weighted by molar-refractivity contribution is -0.121. The van der Waals surface area contributed by atoms with Gasteiger partial charge in [0.25, 0.3) is 11.8 Å². The second-order valence-corrected chi connectivity index (χ2v) is 5.67. The number of pyridine rings is 1. The zero-order chi connectivity index (χ0) is 15.1. The van der Waals surface area contributed by atoms with Crippen molar-refractivity contribution in [3.63, 3.8) is 0 Å². The molecule has 1 aromatic carbocycles. The number of hydrogen-bond donors (Lipinski definition) is 2. The predicted octanol–water partition coefficient (Wildman–Crippen LogP) is 2.02. The average Bonchev–Trinajstić information content (AvgIpc) is 2.54. The van der Waals surface area contributed by atoms with Gasteiger partial charge in [0.05, 0.1) is 10.8 Å². The summed E-state index contributed by atoms with van der Waals surface area (Å²) >= 11 is 1.42. The molecule has 5 nitrogen and oxygen atoms in total. The van der Waals surface area contributed by atoms with Crippen molar-refractivity contribution in [2.45, 2.75) is 17.1 Å². The highest BCUT2D eigenvalue weighted by Gasteiger charge is 2.15. The Hall–Kier alpha value is -2.34. The second kappa shape index (κ2) is 7.44. The van der Waals surface area contributed by atoms with Gasteiger partial charge in [0.1, 0.15) is 0 Å². The van der Waals surface area contributed by atoms with Crippen molar-refractivity contribution in [1.82, 2.24) is 15.8 Å². The van der Waals surface area contributed by atoms with E-state index < -0.39 is 5.91 Å². The number of carbonyl (C=O) groups is 2. The molecule has 6 heteroatoms. The minimum Gasteiger partial charge on any atom is -0.272 e. The highest BCUT2D eigenvalue weighted by atomic mass is 32.2. The number of carbonyl (C=O) groups excluding carboxylic acids is 2. The number of hydrazine groups is 1. The molecule has 21 heavy (non-hydrogen) atoms. The Labute approximate surface area is 127 Å². The number of nitrogens with zero attached hydrogens (tertiary/aromatic N) is 1. The zero-order valence-electron chi connectivity index (χ0n) is 11.4. The number of nitrogens with one attached hydrogen (secondary N) is 2. The molecule has 0 aliphatic rings. The van der Waals surface area contributed by atoms with Gasteiger partial charge in [-0.05, 0) is 31.2 Å². The fourth-order valence-corrected chi connectivity index (χ4v) is 2.43. The third kappa shape index (κ3) is 4.61. The van der Waals surface area contributed by atoms with E-state index >= 15 is 0 Å². The maximum absolute atomic E-state index is 11.9. The highest BCUT2D eigenvalue weighted by Crippen LogP contribution is 2.22. The molecule has 0 spiro atoms. The summed E-state index contributed by atoms with van der Waals surface area (Å²) in [6.45, 7) is 1.78. The van der Waals surface area contributed by atoms with Crippen LogP contribution in [0.4, 0.5) is 0 Å². The van der Waals surface area contributed by atoms with E-state index in [4.69, 9.17) is 0 Å². The van der Waals surface area contributed by atoms with E-state index in [-0.39, 0.29) is 11.2 Å². The highest BCUT2D eigenvalue weighted by molar-refractivity contribution is 8.00. The van der Waals surface area contributed by atoms with Crippen LogP contribution < -0.4 is 10.9 Å². The summed E-state index contributed by atoms with van der Waals surface area (Å²) in [4.78, 5) is 28.5. The van der Waals surface area contributed by atoms with Gasteiger partial charge in [0.2, 0.25) is 0 Å². The molecule has 1 heterocycles. The summed E-state index contributed by atoms with van der Waals surface area (Å²) in [6, 6.07) is 12.9. The quantitative estimate of drug-likeness (QED) is 0.669. The Morgan fingerprint density at radius 2 is 1.86 bits per heavy atom. The molecule has 0 saturated carbocycles. The Bertz CT molecular complexity index is 605. The van der Waals surface area contributed by atoms with Crippen molar-refractivity contribution < 1.29 is 9.59 Å². The molecular formula is C15H15N3O2S. The molecule has 0 aliphatic carbocycles. The van der Waals surface area contributed by atoms with Crippen LogP contribution in [0.2, 0.25) is 0 Å². The Kier molecular flexibility index (Phi) is 5.34. The Morgan fingerprint density at radius 3 is 2.52 bits per heavy atom. The summed E-state index contributed by atoms with van der Waals surface area (Å²) in [7, 11) is 0. The lowest BCUT2D eigenvalue weighted by atomic mass is 10.3. The maximum Gasteiger partial charge on any atom is 0.271 e. The molecule has 0 saturated heterocycles. The van der Waals surface area contributed by atoms with Crippen molar-refractivity contribution in [3.8, 4) is 0 Å². The monoisotopic (exact) mass is 301 g/mol. The van der Waals surface area contributed by atoms with Crippen LogP contribution in [-0.2, 0) is 4.79 Å². The molecule has 1 unspecified atom stereocenters. The van der Waals surface area contributed by atoms with Crippen LogP contribution in [0.5, 0.6) is 0 Å². The summed E-state index contributed by atoms with van der Waals surface area (Å²) in [5.41, 5.74) is 5.18. The largest absolute Gasteiger partial charge is 0.272 e. The topological polar surface area (TPSA) is 71.1 Å². The van der Waals surface area contributed by atoms with E-state index in [2.05, 4.69) is 15.8 Å². The van der Waals surface area contributed by atoms with Crippen LogP contribution in [0.15, 0.2) is 59.8 Å². The van der Waals surface area contributed by atoms with Gasteiger partial charge in [-0.2, -0.15) is 0 Å². The number of thioether (sulfide) groups is 1. The average molecular weight is 301 g/mol. The second-order valence-electron chi connectivity index (χ2n) is 4.26. The molecule has 2 aromatic rings. The minimum absolute atomic E-state index is 0.263. The number of rotatable bonds is 4. The van der Waals surface area contributed by atoms with Gasteiger partial charge in [0, 0.05) is 17.3 Å². The number of amides is 2. The standard InChI is InChI=1S/C15H15N3O2S/c1-11(21-13-7-3-2-4-8-13)14(19)17-18-15(20)12-6-5-9-16-10-12/h2-11H,1H3,(H,17,19)(H,18,20). The molecular weight excluding hydrogens is 286 g/mol. The molecule has 2 rings (SSSR count). The van der Waals surface area contributed by atoms with E-state index in [1.807, 2.05) is 30.3 Å². The van der Waals surface area contributed by atoms with E-state index in [9.17, 15) is 9.59 Å². The summed E-state index contributed by atoms with van der Waals surface area (Å²) in [6.07, 6.45) is 3.01. The van der Waals surface area contributed by atoms with Crippen molar-refractivity contribution >= 4 is 23.6 Å². The van der Waals surface area contributed by atoms with Crippen molar-refractivity contribution in [3.05, 3.63) is 60.4 Å². The normalized spacial score (nSPS) is 11.5. The molecule has 0 radical (unpaired) electrons. The first-order chi connectivity index (χ1) is 10.2. The van der Waals surface area contributed by atoms with E-state index in [1.165, 1.54) is 18.0 Å². The van der Waals surface area contributed by atoms with Crippen molar-refractivity contribution in [2.24, 2.45) is 0 Å². The Balaban J connectivity index is 1.83. The number of hydrogen-bond acceptors (Lipinski definition) is 4. The molecule has 1 atom stereocenters. The zero-order valence-corrected chi connectivity index (χ0v) is 12.3. The van der Waals surface area contributed by atoms with Crippen LogP contribution in [0.3, 0.4) is 0 Å². The van der Waals surface area contributed by atoms with Crippen LogP contribution in [0, 0.1) is 0 Å². The lowest BCUT2D eigenvalue weighted by Gasteiger charge is -2.12. The molecule has 0 bridgehead atoms. The SMILES string of the molecule is CC(Sc1ccccc1)C(=O)NNC(=O)c1cccnc1. The van der Waals surface area contributed by atoms with Crippen LogP contribution >= 0.6 is 11.8 Å². The smallest absolute Gasteiger partial charge is 0.271 e.